The van der Waals surface area contributed by atoms with E-state index < -0.39 is 6.04 Å². The molecule has 20 heavy (non-hydrogen) atoms. The number of benzene rings is 1. The molecule has 1 aromatic rings. The summed E-state index contributed by atoms with van der Waals surface area (Å²) in [5, 5.41) is 3.32. The van der Waals surface area contributed by atoms with E-state index in [-0.39, 0.29) is 17.7 Å². The first-order valence-corrected chi connectivity index (χ1v) is 7.63. The van der Waals surface area contributed by atoms with Crippen molar-refractivity contribution in [2.45, 2.75) is 26.3 Å². The van der Waals surface area contributed by atoms with Gasteiger partial charge in [-0.05, 0) is 40.0 Å². The van der Waals surface area contributed by atoms with Crippen LogP contribution in [0, 0.1) is 5.92 Å². The lowest BCUT2D eigenvalue weighted by Gasteiger charge is -2.26. The highest BCUT2D eigenvalue weighted by Crippen LogP contribution is 2.29. The van der Waals surface area contributed by atoms with Gasteiger partial charge >= 0.3 is 0 Å². The fourth-order valence-electron chi connectivity index (χ4n) is 2.16. The molecule has 2 amide bonds. The summed E-state index contributed by atoms with van der Waals surface area (Å²) < 4.78 is 0.778. The van der Waals surface area contributed by atoms with Gasteiger partial charge < -0.3 is 10.2 Å². The average Bonchev–Trinajstić information content (AvgIpc) is 2.53. The maximum Gasteiger partial charge on any atom is 0.249 e. The van der Waals surface area contributed by atoms with Crippen molar-refractivity contribution >= 4 is 45.0 Å². The van der Waals surface area contributed by atoms with Crippen LogP contribution in [-0.4, -0.2) is 24.4 Å². The third-order valence-electron chi connectivity index (χ3n) is 3.29. The topological polar surface area (TPSA) is 49.4 Å². The lowest BCUT2D eigenvalue weighted by Crippen LogP contribution is -2.47. The molecule has 0 bridgehead atoms. The quantitative estimate of drug-likeness (QED) is 0.882. The third kappa shape index (κ3) is 3.15. The van der Waals surface area contributed by atoms with Crippen LogP contribution < -0.4 is 10.2 Å². The summed E-state index contributed by atoms with van der Waals surface area (Å²) in [6.45, 7) is 4.20. The first-order chi connectivity index (χ1) is 9.40. The Morgan fingerprint density at radius 3 is 2.70 bits per heavy atom. The van der Waals surface area contributed by atoms with E-state index in [1.54, 1.807) is 17.0 Å². The predicted molar refractivity (Wildman–Crippen MR) is 82.9 cm³/mol. The first kappa shape index (κ1) is 15.3. The zero-order valence-electron chi connectivity index (χ0n) is 11.3. The molecular weight excluding hydrogens is 344 g/mol. The number of amides is 2. The Hall–Kier alpha value is -1.07. The maximum atomic E-state index is 12.6. The molecule has 0 aliphatic carbocycles. The van der Waals surface area contributed by atoms with Crippen LogP contribution in [0.3, 0.4) is 0 Å². The number of carbonyl (C=O) groups is 2. The van der Waals surface area contributed by atoms with Crippen molar-refractivity contribution in [3.8, 4) is 0 Å². The Morgan fingerprint density at radius 1 is 1.40 bits per heavy atom. The van der Waals surface area contributed by atoms with E-state index in [1.807, 2.05) is 19.9 Å². The monoisotopic (exact) mass is 358 g/mol. The number of hydrogen-bond acceptors (Lipinski definition) is 2. The maximum absolute atomic E-state index is 12.6. The normalized spacial score (nSPS) is 20.1. The van der Waals surface area contributed by atoms with Crippen LogP contribution in [0.5, 0.6) is 0 Å². The molecule has 0 radical (unpaired) electrons. The molecule has 1 aromatic carbocycles. The first-order valence-electron chi connectivity index (χ1n) is 6.46. The molecule has 0 spiro atoms. The molecular formula is C14H16BrClN2O2. The lowest BCUT2D eigenvalue weighted by atomic mass is 10.0. The van der Waals surface area contributed by atoms with Crippen molar-refractivity contribution in [1.82, 2.24) is 5.32 Å². The number of halogens is 2. The second kappa shape index (κ2) is 6.14. The molecule has 1 saturated heterocycles. The number of anilines is 1. The lowest BCUT2D eigenvalue weighted by molar-refractivity contribution is -0.126. The second-order valence-corrected chi connectivity index (χ2v) is 6.39. The molecule has 0 aromatic heterocycles. The van der Waals surface area contributed by atoms with Gasteiger partial charge in [-0.3, -0.25) is 9.59 Å². The van der Waals surface area contributed by atoms with Gasteiger partial charge in [-0.1, -0.05) is 25.4 Å². The Kier molecular flexibility index (Phi) is 4.70. The molecule has 108 valence electrons. The van der Waals surface area contributed by atoms with E-state index >= 15 is 0 Å². The Balaban J connectivity index is 2.35. The molecule has 1 heterocycles. The van der Waals surface area contributed by atoms with E-state index in [9.17, 15) is 9.59 Å². The summed E-state index contributed by atoms with van der Waals surface area (Å²) in [5.74, 6) is -0.148. The van der Waals surface area contributed by atoms with Crippen LogP contribution in [0.4, 0.5) is 5.69 Å². The zero-order chi connectivity index (χ0) is 14.9. The number of carbonyl (C=O) groups excluding carboxylic acids is 2. The summed E-state index contributed by atoms with van der Waals surface area (Å²) in [7, 11) is 0. The van der Waals surface area contributed by atoms with Crippen molar-refractivity contribution in [3.63, 3.8) is 0 Å². The van der Waals surface area contributed by atoms with Gasteiger partial charge in [0.2, 0.25) is 11.8 Å². The molecule has 1 atom stereocenters. The number of hydrogen-bond donors (Lipinski definition) is 1. The van der Waals surface area contributed by atoms with Crippen LogP contribution in [0.2, 0.25) is 5.02 Å². The Labute approximate surface area is 131 Å². The third-order valence-corrected chi connectivity index (χ3v) is 4.53. The fourth-order valence-corrected chi connectivity index (χ4v) is 2.58. The summed E-state index contributed by atoms with van der Waals surface area (Å²) >= 11 is 9.41. The van der Waals surface area contributed by atoms with Gasteiger partial charge in [0.05, 0.1) is 5.02 Å². The van der Waals surface area contributed by atoms with Gasteiger partial charge in [0.25, 0.3) is 0 Å². The number of rotatable bonds is 2. The van der Waals surface area contributed by atoms with E-state index in [1.165, 1.54) is 0 Å². The van der Waals surface area contributed by atoms with Crippen molar-refractivity contribution in [1.29, 1.82) is 0 Å². The molecule has 1 unspecified atom stereocenters. The van der Waals surface area contributed by atoms with Gasteiger partial charge in [-0.2, -0.15) is 0 Å². The minimum atomic E-state index is -0.493. The van der Waals surface area contributed by atoms with Crippen LogP contribution >= 0.6 is 27.5 Å². The largest absolute Gasteiger partial charge is 0.344 e. The smallest absolute Gasteiger partial charge is 0.249 e. The standard InChI is InChI=1S/C14H16BrClN2O2/c1-8(2)13-14(20)18(6-5-12(19)17-13)9-3-4-10(15)11(16)7-9/h3-4,7-8,13H,5-6H2,1-2H3,(H,17,19). The summed E-state index contributed by atoms with van der Waals surface area (Å²) in [5.41, 5.74) is 0.713. The van der Waals surface area contributed by atoms with E-state index in [4.69, 9.17) is 11.6 Å². The van der Waals surface area contributed by atoms with Crippen molar-refractivity contribution < 1.29 is 9.59 Å². The molecule has 0 saturated carbocycles. The minimum Gasteiger partial charge on any atom is -0.344 e. The van der Waals surface area contributed by atoms with Crippen molar-refractivity contribution in [2.24, 2.45) is 5.92 Å². The van der Waals surface area contributed by atoms with Gasteiger partial charge in [0.1, 0.15) is 6.04 Å². The highest BCUT2D eigenvalue weighted by Gasteiger charge is 2.32. The van der Waals surface area contributed by atoms with E-state index in [0.29, 0.717) is 23.7 Å². The van der Waals surface area contributed by atoms with Gasteiger partial charge in [0.15, 0.2) is 0 Å². The van der Waals surface area contributed by atoms with Crippen LogP contribution in [0.15, 0.2) is 22.7 Å². The molecule has 1 fully saturated rings. The highest BCUT2D eigenvalue weighted by molar-refractivity contribution is 9.10. The van der Waals surface area contributed by atoms with E-state index in [0.717, 1.165) is 4.47 Å². The second-order valence-electron chi connectivity index (χ2n) is 5.13. The zero-order valence-corrected chi connectivity index (χ0v) is 13.7. The number of nitrogens with one attached hydrogen (secondary N) is 1. The molecule has 4 nitrogen and oxygen atoms in total. The molecule has 1 N–H and O–H groups in total. The Morgan fingerprint density at radius 2 is 2.10 bits per heavy atom. The summed E-state index contributed by atoms with van der Waals surface area (Å²) in [6, 6.07) is 4.86. The molecule has 2 rings (SSSR count). The number of nitrogens with zero attached hydrogens (tertiary/aromatic N) is 1. The van der Waals surface area contributed by atoms with Crippen molar-refractivity contribution in [2.75, 3.05) is 11.4 Å². The summed E-state index contributed by atoms with van der Waals surface area (Å²) in [6.07, 6.45) is 0.294. The Bertz CT molecular complexity index is 548. The van der Waals surface area contributed by atoms with E-state index in [2.05, 4.69) is 21.2 Å². The molecule has 1 aliphatic heterocycles. The molecule has 6 heteroatoms. The van der Waals surface area contributed by atoms with Crippen LogP contribution in [0.25, 0.3) is 0 Å². The minimum absolute atomic E-state index is 0.0398. The fraction of sp³-hybridized carbons (Fsp3) is 0.429. The SMILES string of the molecule is CC(C)C1NC(=O)CCN(c2ccc(Br)c(Cl)c2)C1=O. The van der Waals surface area contributed by atoms with Crippen LogP contribution in [-0.2, 0) is 9.59 Å². The van der Waals surface area contributed by atoms with Gasteiger partial charge in [0, 0.05) is 23.1 Å². The predicted octanol–water partition coefficient (Wildman–Crippen LogP) is 2.98. The van der Waals surface area contributed by atoms with Gasteiger partial charge in [-0.25, -0.2) is 0 Å². The van der Waals surface area contributed by atoms with Crippen molar-refractivity contribution in [3.05, 3.63) is 27.7 Å². The highest BCUT2D eigenvalue weighted by atomic mass is 79.9. The average molecular weight is 360 g/mol. The van der Waals surface area contributed by atoms with Gasteiger partial charge in [-0.15, -0.1) is 0 Å². The summed E-state index contributed by atoms with van der Waals surface area (Å²) in [4.78, 5) is 25.9. The molecule has 1 aliphatic rings. The van der Waals surface area contributed by atoms with Crippen LogP contribution in [0.1, 0.15) is 20.3 Å².